The predicted octanol–water partition coefficient (Wildman–Crippen LogP) is 5.42. The second-order valence-electron chi connectivity index (χ2n) is 5.43. The lowest BCUT2D eigenvalue weighted by atomic mass is 9.93. The van der Waals surface area contributed by atoms with Gasteiger partial charge in [-0.1, -0.05) is 90.5 Å². The number of hydrogen-bond donors (Lipinski definition) is 0. The summed E-state index contributed by atoms with van der Waals surface area (Å²) in [7, 11) is 0. The number of rotatable bonds is 5. The van der Waals surface area contributed by atoms with Crippen LogP contribution in [0, 0.1) is 0 Å². The molecular weight excluding hydrogens is 352 g/mol. The van der Waals surface area contributed by atoms with E-state index in [4.69, 9.17) is 23.8 Å². The first-order chi connectivity index (χ1) is 12.1. The Hall–Kier alpha value is -2.62. The van der Waals surface area contributed by atoms with Gasteiger partial charge in [0, 0.05) is 27.1 Å². The quantitative estimate of drug-likeness (QED) is 0.344. The summed E-state index contributed by atoms with van der Waals surface area (Å²) >= 11 is 11.3. The van der Waals surface area contributed by atoms with Gasteiger partial charge in [0.05, 0.1) is 0 Å². The Labute approximate surface area is 156 Å². The molecule has 3 aromatic carbocycles. The molecule has 4 heteroatoms. The maximum atomic E-state index is 12.8. The van der Waals surface area contributed by atoms with Crippen LogP contribution < -0.4 is 0 Å². The van der Waals surface area contributed by atoms with E-state index >= 15 is 0 Å². The van der Waals surface area contributed by atoms with Gasteiger partial charge >= 0.3 is 0 Å². The van der Waals surface area contributed by atoms with E-state index in [1.54, 1.807) is 60.7 Å². The highest BCUT2D eigenvalue weighted by atomic mass is 35.5. The minimum absolute atomic E-state index is 0.327. The van der Waals surface area contributed by atoms with E-state index in [0.717, 1.165) is 5.56 Å². The number of ketones is 2. The molecule has 0 saturated heterocycles. The van der Waals surface area contributed by atoms with Gasteiger partial charge < -0.3 is 0 Å². The summed E-state index contributed by atoms with van der Waals surface area (Å²) in [5.41, 5.74) is 2.82. The van der Waals surface area contributed by atoms with Crippen LogP contribution in [0.15, 0.2) is 72.8 Å². The van der Waals surface area contributed by atoms with Gasteiger partial charge in [-0.15, -0.1) is 0 Å². The standard InChI is InChI=1S/C21H13ClO2S/c22-19-12-14(13-25)10-11-17(19)16-8-4-5-9-18(16)21(24)20(23)15-6-2-1-3-7-15/h1-13H. The van der Waals surface area contributed by atoms with Crippen LogP contribution in [0.2, 0.25) is 5.02 Å². The molecule has 0 N–H and O–H groups in total. The van der Waals surface area contributed by atoms with Gasteiger partial charge in [0.15, 0.2) is 0 Å². The minimum Gasteiger partial charge on any atom is -0.285 e. The second-order valence-corrected chi connectivity index (χ2v) is 6.07. The van der Waals surface area contributed by atoms with Gasteiger partial charge in [0.1, 0.15) is 0 Å². The molecule has 0 spiro atoms. The zero-order valence-corrected chi connectivity index (χ0v) is 14.7. The fourth-order valence-electron chi connectivity index (χ4n) is 2.58. The molecule has 0 aliphatic rings. The van der Waals surface area contributed by atoms with Gasteiger partial charge in [-0.25, -0.2) is 0 Å². The lowest BCUT2D eigenvalue weighted by molar-refractivity contribution is 0.0817. The average Bonchev–Trinajstić information content (AvgIpc) is 2.67. The molecule has 0 aliphatic heterocycles. The summed E-state index contributed by atoms with van der Waals surface area (Å²) in [4.78, 5) is 25.3. The first kappa shape index (κ1) is 17.2. The third-order valence-corrected chi connectivity index (χ3v) is 4.42. The molecule has 3 rings (SSSR count). The van der Waals surface area contributed by atoms with Crippen molar-refractivity contribution in [2.45, 2.75) is 0 Å². The minimum atomic E-state index is -0.559. The van der Waals surface area contributed by atoms with Crippen LogP contribution in [-0.4, -0.2) is 16.9 Å². The van der Waals surface area contributed by atoms with E-state index in [1.807, 2.05) is 12.1 Å². The van der Waals surface area contributed by atoms with Crippen LogP contribution in [-0.2, 0) is 0 Å². The average molecular weight is 365 g/mol. The zero-order valence-electron chi connectivity index (χ0n) is 13.1. The van der Waals surface area contributed by atoms with Crippen LogP contribution in [0.25, 0.3) is 11.1 Å². The number of Topliss-reactive ketones (excluding diaryl/α,β-unsaturated/α-hetero) is 2. The molecule has 0 bridgehead atoms. The Morgan fingerprint density at radius 3 is 2.16 bits per heavy atom. The molecule has 0 unspecified atom stereocenters. The summed E-state index contributed by atoms with van der Waals surface area (Å²) in [6, 6.07) is 20.8. The van der Waals surface area contributed by atoms with Crippen LogP contribution in [0.4, 0.5) is 0 Å². The van der Waals surface area contributed by atoms with Gasteiger partial charge in [-0.2, -0.15) is 0 Å². The SMILES string of the molecule is O=C(C(=O)c1ccccc1-c1ccc(C=S)cc1Cl)c1ccccc1. The van der Waals surface area contributed by atoms with Crippen molar-refractivity contribution < 1.29 is 9.59 Å². The number of thiocarbonyl (C=S) groups is 1. The number of hydrogen-bond acceptors (Lipinski definition) is 3. The Morgan fingerprint density at radius 2 is 1.48 bits per heavy atom. The van der Waals surface area contributed by atoms with E-state index in [0.29, 0.717) is 27.3 Å². The smallest absolute Gasteiger partial charge is 0.234 e. The lowest BCUT2D eigenvalue weighted by Gasteiger charge is -2.10. The largest absolute Gasteiger partial charge is 0.285 e. The van der Waals surface area contributed by atoms with Gasteiger partial charge in [-0.3, -0.25) is 9.59 Å². The Kier molecular flexibility index (Phi) is 5.17. The van der Waals surface area contributed by atoms with Crippen molar-refractivity contribution in [1.82, 2.24) is 0 Å². The maximum Gasteiger partial charge on any atom is 0.234 e. The third kappa shape index (κ3) is 3.58. The molecule has 0 atom stereocenters. The van der Waals surface area contributed by atoms with Crippen LogP contribution >= 0.6 is 23.8 Å². The second kappa shape index (κ2) is 7.51. The molecule has 122 valence electrons. The highest BCUT2D eigenvalue weighted by molar-refractivity contribution is 7.79. The van der Waals surface area contributed by atoms with Gasteiger partial charge in [0.25, 0.3) is 0 Å². The highest BCUT2D eigenvalue weighted by Gasteiger charge is 2.22. The van der Waals surface area contributed by atoms with Crippen molar-refractivity contribution >= 4 is 40.8 Å². The zero-order chi connectivity index (χ0) is 17.8. The van der Waals surface area contributed by atoms with Crippen molar-refractivity contribution in [1.29, 1.82) is 0 Å². The summed E-state index contributed by atoms with van der Waals surface area (Å²) < 4.78 is 0. The molecule has 2 nitrogen and oxygen atoms in total. The first-order valence-corrected chi connectivity index (χ1v) is 8.45. The van der Waals surface area contributed by atoms with E-state index in [-0.39, 0.29) is 0 Å². The first-order valence-electron chi connectivity index (χ1n) is 7.60. The van der Waals surface area contributed by atoms with Crippen LogP contribution in [0.1, 0.15) is 26.3 Å². The molecule has 3 aromatic rings. The summed E-state index contributed by atoms with van der Waals surface area (Å²) in [5, 5.41) is 2.01. The fourth-order valence-corrected chi connectivity index (χ4v) is 3.02. The van der Waals surface area contributed by atoms with Crippen molar-refractivity contribution in [3.8, 4) is 11.1 Å². The van der Waals surface area contributed by atoms with E-state index in [9.17, 15) is 9.59 Å². The molecule has 0 radical (unpaired) electrons. The third-order valence-electron chi connectivity index (χ3n) is 3.83. The molecule has 25 heavy (non-hydrogen) atoms. The summed E-state index contributed by atoms with van der Waals surface area (Å²) in [6.07, 6.45) is 0. The van der Waals surface area contributed by atoms with E-state index in [1.165, 1.54) is 5.37 Å². The monoisotopic (exact) mass is 364 g/mol. The van der Waals surface area contributed by atoms with Gasteiger partial charge in [0.2, 0.25) is 11.6 Å². The Bertz CT molecular complexity index is 965. The number of carbonyl (C=O) groups excluding carboxylic acids is 2. The van der Waals surface area contributed by atoms with Crippen molar-refractivity contribution in [2.24, 2.45) is 0 Å². The molecule has 0 heterocycles. The molecule has 0 saturated carbocycles. The molecule has 0 amide bonds. The van der Waals surface area contributed by atoms with Gasteiger partial charge in [-0.05, 0) is 17.2 Å². The summed E-state index contributed by atoms with van der Waals surface area (Å²) in [6.45, 7) is 0. The predicted molar refractivity (Wildman–Crippen MR) is 105 cm³/mol. The summed E-state index contributed by atoms with van der Waals surface area (Å²) in [5.74, 6) is -1.10. The van der Waals surface area contributed by atoms with E-state index in [2.05, 4.69) is 0 Å². The maximum absolute atomic E-state index is 12.8. The molecule has 0 aliphatic carbocycles. The topological polar surface area (TPSA) is 34.1 Å². The molecular formula is C21H13ClO2S. The number of carbonyl (C=O) groups is 2. The number of benzene rings is 3. The van der Waals surface area contributed by atoms with Crippen LogP contribution in [0.5, 0.6) is 0 Å². The highest BCUT2D eigenvalue weighted by Crippen LogP contribution is 2.31. The van der Waals surface area contributed by atoms with Crippen LogP contribution in [0.3, 0.4) is 0 Å². The Morgan fingerprint density at radius 1 is 0.800 bits per heavy atom. The van der Waals surface area contributed by atoms with Crippen molar-refractivity contribution in [2.75, 3.05) is 0 Å². The Balaban J connectivity index is 2.06. The lowest BCUT2D eigenvalue weighted by Crippen LogP contribution is -2.15. The fraction of sp³-hybridized carbons (Fsp3) is 0. The molecule has 0 fully saturated rings. The normalized spacial score (nSPS) is 10.3. The van der Waals surface area contributed by atoms with E-state index < -0.39 is 11.6 Å². The van der Waals surface area contributed by atoms with Crippen molar-refractivity contribution in [3.63, 3.8) is 0 Å². The molecule has 0 aromatic heterocycles. The number of halogens is 1. The van der Waals surface area contributed by atoms with Crippen molar-refractivity contribution in [3.05, 3.63) is 94.5 Å².